The maximum absolute atomic E-state index is 12.9. The van der Waals surface area contributed by atoms with E-state index in [1.807, 2.05) is 13.8 Å². The van der Waals surface area contributed by atoms with Crippen molar-refractivity contribution in [3.8, 4) is 5.75 Å². The van der Waals surface area contributed by atoms with Crippen LogP contribution in [0.15, 0.2) is 24.3 Å². The minimum absolute atomic E-state index is 0.208. The lowest BCUT2D eigenvalue weighted by Gasteiger charge is -2.22. The highest BCUT2D eigenvalue weighted by molar-refractivity contribution is 5.29. The van der Waals surface area contributed by atoms with Gasteiger partial charge in [-0.25, -0.2) is 0 Å². The normalized spacial score (nSPS) is 13.4. The van der Waals surface area contributed by atoms with Crippen LogP contribution in [0.3, 0.4) is 0 Å². The first-order valence-electron chi connectivity index (χ1n) is 6.01. The van der Waals surface area contributed by atoms with Crippen molar-refractivity contribution >= 4 is 0 Å². The first kappa shape index (κ1) is 14.8. The molecule has 1 aromatic rings. The highest BCUT2D eigenvalue weighted by atomic mass is 19.4. The molecule has 0 radical (unpaired) electrons. The molecule has 1 atom stereocenters. The summed E-state index contributed by atoms with van der Waals surface area (Å²) in [6, 6.07) is 4.40. The molecule has 0 heterocycles. The van der Waals surface area contributed by atoms with Crippen LogP contribution in [0.1, 0.15) is 31.9 Å². The van der Waals surface area contributed by atoms with Gasteiger partial charge in [0.25, 0.3) is 0 Å². The SMILES string of the molecule is CCCNC(c1ccc(OCC)cc1)C(F)(F)F. The fourth-order valence-corrected chi connectivity index (χ4v) is 1.63. The van der Waals surface area contributed by atoms with Crippen LogP contribution < -0.4 is 10.1 Å². The summed E-state index contributed by atoms with van der Waals surface area (Å²) in [6.07, 6.45) is -3.63. The molecule has 0 fully saturated rings. The van der Waals surface area contributed by atoms with Crippen LogP contribution in [0.25, 0.3) is 0 Å². The van der Waals surface area contributed by atoms with Gasteiger partial charge in [-0.3, -0.25) is 0 Å². The van der Waals surface area contributed by atoms with E-state index in [1.165, 1.54) is 12.1 Å². The standard InChI is InChI=1S/C13H18F3NO/c1-3-9-17-12(13(14,15)16)10-5-7-11(8-6-10)18-4-2/h5-8,12,17H,3-4,9H2,1-2H3. The third-order valence-electron chi connectivity index (χ3n) is 2.45. The Hall–Kier alpha value is -1.23. The minimum Gasteiger partial charge on any atom is -0.494 e. The molecular formula is C13H18F3NO. The zero-order valence-corrected chi connectivity index (χ0v) is 10.6. The van der Waals surface area contributed by atoms with E-state index in [1.54, 1.807) is 12.1 Å². The van der Waals surface area contributed by atoms with E-state index in [9.17, 15) is 13.2 Å². The third kappa shape index (κ3) is 4.22. The van der Waals surface area contributed by atoms with Gasteiger partial charge in [-0.05, 0) is 37.6 Å². The highest BCUT2D eigenvalue weighted by Crippen LogP contribution is 2.33. The largest absolute Gasteiger partial charge is 0.494 e. The van der Waals surface area contributed by atoms with Gasteiger partial charge in [-0.2, -0.15) is 13.2 Å². The van der Waals surface area contributed by atoms with Crippen LogP contribution >= 0.6 is 0 Å². The second kappa shape index (κ2) is 6.64. The topological polar surface area (TPSA) is 21.3 Å². The van der Waals surface area contributed by atoms with Crippen molar-refractivity contribution in [2.45, 2.75) is 32.5 Å². The first-order valence-corrected chi connectivity index (χ1v) is 6.01. The van der Waals surface area contributed by atoms with Crippen LogP contribution in [-0.4, -0.2) is 19.3 Å². The molecule has 1 rings (SSSR count). The molecule has 102 valence electrons. The van der Waals surface area contributed by atoms with Crippen LogP contribution in [0.2, 0.25) is 0 Å². The smallest absolute Gasteiger partial charge is 0.407 e. The van der Waals surface area contributed by atoms with Gasteiger partial charge in [0.1, 0.15) is 11.8 Å². The Kier molecular flexibility index (Phi) is 5.47. The van der Waals surface area contributed by atoms with Crippen LogP contribution in [0.4, 0.5) is 13.2 Å². The van der Waals surface area contributed by atoms with Crippen LogP contribution in [-0.2, 0) is 0 Å². The van der Waals surface area contributed by atoms with Gasteiger partial charge in [0, 0.05) is 0 Å². The van der Waals surface area contributed by atoms with E-state index in [4.69, 9.17) is 4.74 Å². The molecule has 1 aromatic carbocycles. The zero-order valence-electron chi connectivity index (χ0n) is 10.6. The Morgan fingerprint density at radius 1 is 1.17 bits per heavy atom. The quantitative estimate of drug-likeness (QED) is 0.843. The fraction of sp³-hybridized carbons (Fsp3) is 0.538. The number of benzene rings is 1. The summed E-state index contributed by atoms with van der Waals surface area (Å²) in [7, 11) is 0. The minimum atomic E-state index is -4.29. The molecule has 0 spiro atoms. The lowest BCUT2D eigenvalue weighted by Crippen LogP contribution is -2.34. The van der Waals surface area contributed by atoms with Gasteiger partial charge >= 0.3 is 6.18 Å². The lowest BCUT2D eigenvalue weighted by molar-refractivity contribution is -0.157. The summed E-state index contributed by atoms with van der Waals surface area (Å²) in [6.45, 7) is 4.49. The van der Waals surface area contributed by atoms with E-state index in [-0.39, 0.29) is 5.56 Å². The maximum Gasteiger partial charge on any atom is 0.407 e. The predicted molar refractivity (Wildman–Crippen MR) is 64.7 cm³/mol. The van der Waals surface area contributed by atoms with E-state index < -0.39 is 12.2 Å². The van der Waals surface area contributed by atoms with Crippen molar-refractivity contribution in [3.63, 3.8) is 0 Å². The fourth-order valence-electron chi connectivity index (χ4n) is 1.63. The molecule has 0 aliphatic heterocycles. The summed E-state index contributed by atoms with van der Waals surface area (Å²) in [5, 5.41) is 2.51. The molecule has 0 saturated carbocycles. The van der Waals surface area contributed by atoms with Gasteiger partial charge in [0.2, 0.25) is 0 Å². The molecule has 1 unspecified atom stereocenters. The average Bonchev–Trinajstić information content (AvgIpc) is 2.30. The summed E-state index contributed by atoms with van der Waals surface area (Å²) in [5.41, 5.74) is 0.208. The highest BCUT2D eigenvalue weighted by Gasteiger charge is 2.40. The Morgan fingerprint density at radius 3 is 2.22 bits per heavy atom. The molecule has 0 aromatic heterocycles. The molecule has 0 bridgehead atoms. The van der Waals surface area contributed by atoms with Crippen molar-refractivity contribution in [1.82, 2.24) is 5.32 Å². The molecule has 0 aliphatic carbocycles. The van der Waals surface area contributed by atoms with Gasteiger partial charge in [-0.1, -0.05) is 19.1 Å². The zero-order chi connectivity index (χ0) is 13.6. The average molecular weight is 261 g/mol. The number of hydrogen-bond donors (Lipinski definition) is 1. The maximum atomic E-state index is 12.9. The molecule has 18 heavy (non-hydrogen) atoms. The van der Waals surface area contributed by atoms with Gasteiger partial charge in [0.15, 0.2) is 0 Å². The Morgan fingerprint density at radius 2 is 1.78 bits per heavy atom. The molecular weight excluding hydrogens is 243 g/mol. The Labute approximate surface area is 105 Å². The molecule has 0 saturated heterocycles. The summed E-state index contributed by atoms with van der Waals surface area (Å²) >= 11 is 0. The Balaban J connectivity index is 2.84. The molecule has 0 aliphatic rings. The van der Waals surface area contributed by atoms with Crippen molar-refractivity contribution in [1.29, 1.82) is 0 Å². The van der Waals surface area contributed by atoms with Crippen LogP contribution in [0.5, 0.6) is 5.75 Å². The van der Waals surface area contributed by atoms with Crippen LogP contribution in [0, 0.1) is 0 Å². The number of hydrogen-bond acceptors (Lipinski definition) is 2. The number of halogens is 3. The van der Waals surface area contributed by atoms with Crippen molar-refractivity contribution in [3.05, 3.63) is 29.8 Å². The summed E-state index contributed by atoms with van der Waals surface area (Å²) in [5.74, 6) is 0.581. The van der Waals surface area contributed by atoms with Crippen molar-refractivity contribution in [2.24, 2.45) is 0 Å². The van der Waals surface area contributed by atoms with E-state index >= 15 is 0 Å². The summed E-state index contributed by atoms with van der Waals surface area (Å²) < 4.78 is 43.9. The molecule has 0 amide bonds. The molecule has 2 nitrogen and oxygen atoms in total. The Bertz CT molecular complexity index is 348. The molecule has 1 N–H and O–H groups in total. The van der Waals surface area contributed by atoms with Crippen molar-refractivity contribution in [2.75, 3.05) is 13.2 Å². The second-order valence-electron chi connectivity index (χ2n) is 3.93. The first-order chi connectivity index (χ1) is 8.49. The van der Waals surface area contributed by atoms with E-state index in [0.717, 1.165) is 0 Å². The number of rotatable bonds is 6. The second-order valence-corrected chi connectivity index (χ2v) is 3.93. The molecule has 5 heteroatoms. The van der Waals surface area contributed by atoms with E-state index in [0.29, 0.717) is 25.3 Å². The van der Waals surface area contributed by atoms with Crippen molar-refractivity contribution < 1.29 is 17.9 Å². The van der Waals surface area contributed by atoms with Gasteiger partial charge < -0.3 is 10.1 Å². The summed E-state index contributed by atoms with van der Waals surface area (Å²) in [4.78, 5) is 0. The number of nitrogens with one attached hydrogen (secondary N) is 1. The number of ether oxygens (including phenoxy) is 1. The monoisotopic (exact) mass is 261 g/mol. The van der Waals surface area contributed by atoms with E-state index in [2.05, 4.69) is 5.32 Å². The van der Waals surface area contributed by atoms with Gasteiger partial charge in [0.05, 0.1) is 6.61 Å². The van der Waals surface area contributed by atoms with Gasteiger partial charge in [-0.15, -0.1) is 0 Å². The number of alkyl halides is 3. The lowest BCUT2D eigenvalue weighted by atomic mass is 10.1. The third-order valence-corrected chi connectivity index (χ3v) is 2.45. The predicted octanol–water partition coefficient (Wildman–Crippen LogP) is 3.69.